The number of aliphatic imine (C=N–C) groups is 1. The standard InChI is InChI=1S/C14H16N4O5S2/c1-8-12(16-13-18(8)17-14(24-13)25(15,20)21)9-3-5-10(6-4-9)23-7-11(19)22-2/h3-6,8,12H,7H2,1-2H3,(H2,15,20,21). The van der Waals surface area contributed by atoms with Gasteiger partial charge in [0.2, 0.25) is 4.38 Å². The fourth-order valence-electron chi connectivity index (χ4n) is 2.42. The lowest BCUT2D eigenvalue weighted by Gasteiger charge is -2.19. The molecule has 25 heavy (non-hydrogen) atoms. The summed E-state index contributed by atoms with van der Waals surface area (Å²) in [5.41, 5.74) is 0.924. The number of ether oxygens (including phenoxy) is 2. The molecule has 0 bridgehead atoms. The molecule has 3 rings (SSSR count). The molecule has 9 nitrogen and oxygen atoms in total. The van der Waals surface area contributed by atoms with E-state index in [1.165, 1.54) is 7.11 Å². The molecule has 2 aliphatic heterocycles. The van der Waals surface area contributed by atoms with Crippen molar-refractivity contribution in [1.82, 2.24) is 5.01 Å². The Balaban J connectivity index is 1.71. The molecular weight excluding hydrogens is 368 g/mol. The molecule has 0 radical (unpaired) electrons. The Hall–Kier alpha value is -2.11. The number of sulfonamides is 1. The van der Waals surface area contributed by atoms with Gasteiger partial charge in [-0.25, -0.2) is 23.4 Å². The molecule has 2 aliphatic rings. The van der Waals surface area contributed by atoms with Crippen LogP contribution < -0.4 is 9.88 Å². The first kappa shape index (κ1) is 17.7. The highest BCUT2D eigenvalue weighted by molar-refractivity contribution is 8.42. The maximum Gasteiger partial charge on any atom is 0.343 e. The number of nitrogens with two attached hydrogens (primary N) is 1. The van der Waals surface area contributed by atoms with Gasteiger partial charge >= 0.3 is 5.97 Å². The number of hydrogen-bond donors (Lipinski definition) is 1. The first-order chi connectivity index (χ1) is 11.8. The molecule has 2 N–H and O–H groups in total. The van der Waals surface area contributed by atoms with Crippen molar-refractivity contribution >= 4 is 37.3 Å². The number of primary sulfonamides is 1. The second-order valence-electron chi connectivity index (χ2n) is 5.39. The van der Waals surface area contributed by atoms with Crippen LogP contribution in [0.3, 0.4) is 0 Å². The van der Waals surface area contributed by atoms with Gasteiger partial charge in [-0.2, -0.15) is 0 Å². The summed E-state index contributed by atoms with van der Waals surface area (Å²) in [5, 5.41) is 11.2. The average molecular weight is 384 g/mol. The van der Waals surface area contributed by atoms with Crippen LogP contribution in [0.15, 0.2) is 34.4 Å². The van der Waals surface area contributed by atoms with E-state index in [1.54, 1.807) is 17.1 Å². The van der Waals surface area contributed by atoms with Gasteiger partial charge in [0.1, 0.15) is 11.8 Å². The van der Waals surface area contributed by atoms with Crippen molar-refractivity contribution in [2.45, 2.75) is 19.0 Å². The van der Waals surface area contributed by atoms with E-state index in [9.17, 15) is 13.2 Å². The first-order valence-corrected chi connectivity index (χ1v) is 9.62. The maximum absolute atomic E-state index is 11.4. The molecule has 0 fully saturated rings. The van der Waals surface area contributed by atoms with E-state index in [1.807, 2.05) is 19.1 Å². The summed E-state index contributed by atoms with van der Waals surface area (Å²) in [7, 11) is -2.54. The monoisotopic (exact) mass is 384 g/mol. The second kappa shape index (κ2) is 6.65. The number of esters is 1. The number of hydrogen-bond acceptors (Lipinski definition) is 9. The van der Waals surface area contributed by atoms with E-state index in [2.05, 4.69) is 14.8 Å². The lowest BCUT2D eigenvalue weighted by molar-refractivity contribution is -0.142. The van der Waals surface area contributed by atoms with Crippen LogP contribution in [-0.4, -0.2) is 48.7 Å². The SMILES string of the molecule is COC(=O)COc1ccc(C2N=C3SC(S(N)(=O)=O)=NN3C2C)cc1. The lowest BCUT2D eigenvalue weighted by Crippen LogP contribution is -2.27. The fourth-order valence-corrected chi connectivity index (χ4v) is 4.06. The topological polar surface area (TPSA) is 124 Å². The molecule has 134 valence electrons. The summed E-state index contributed by atoms with van der Waals surface area (Å²) >= 11 is 0.944. The number of carbonyl (C=O) groups excluding carboxylic acids is 1. The predicted octanol–water partition coefficient (Wildman–Crippen LogP) is 0.646. The van der Waals surface area contributed by atoms with Crippen LogP contribution in [0.25, 0.3) is 0 Å². The molecule has 2 atom stereocenters. The highest BCUT2D eigenvalue weighted by atomic mass is 32.3. The number of methoxy groups -OCH3 is 1. The third-order valence-electron chi connectivity index (χ3n) is 3.71. The molecule has 2 unspecified atom stereocenters. The minimum Gasteiger partial charge on any atom is -0.482 e. The molecule has 1 aromatic rings. The van der Waals surface area contributed by atoms with Crippen molar-refractivity contribution in [3.8, 4) is 5.75 Å². The third kappa shape index (κ3) is 3.62. The molecule has 0 amide bonds. The molecular formula is C14H16N4O5S2. The minimum absolute atomic E-state index is 0.149. The molecule has 0 aliphatic carbocycles. The number of nitrogens with zero attached hydrogens (tertiary/aromatic N) is 3. The van der Waals surface area contributed by atoms with Crippen molar-refractivity contribution in [3.05, 3.63) is 29.8 Å². The Morgan fingerprint density at radius 1 is 1.36 bits per heavy atom. The zero-order valence-electron chi connectivity index (χ0n) is 13.4. The Bertz CT molecular complexity index is 850. The minimum atomic E-state index is -3.84. The van der Waals surface area contributed by atoms with Gasteiger partial charge in [0.25, 0.3) is 10.0 Å². The number of carbonyl (C=O) groups is 1. The molecule has 2 heterocycles. The summed E-state index contributed by atoms with van der Waals surface area (Å²) in [6, 6.07) is 6.82. The molecule has 11 heteroatoms. The summed E-state index contributed by atoms with van der Waals surface area (Å²) in [6.07, 6.45) is 0. The Labute approximate surface area is 148 Å². The second-order valence-corrected chi connectivity index (χ2v) is 8.08. The Morgan fingerprint density at radius 2 is 2.04 bits per heavy atom. The number of benzene rings is 1. The van der Waals surface area contributed by atoms with E-state index in [-0.39, 0.29) is 23.1 Å². The van der Waals surface area contributed by atoms with Crippen LogP contribution >= 0.6 is 11.8 Å². The van der Waals surface area contributed by atoms with Gasteiger partial charge in [0.15, 0.2) is 11.8 Å². The van der Waals surface area contributed by atoms with Gasteiger partial charge in [-0.15, -0.1) is 5.10 Å². The van der Waals surface area contributed by atoms with Crippen LogP contribution in [0.2, 0.25) is 0 Å². The van der Waals surface area contributed by atoms with Gasteiger partial charge in [0.05, 0.1) is 13.2 Å². The Morgan fingerprint density at radius 3 is 2.60 bits per heavy atom. The zero-order valence-corrected chi connectivity index (χ0v) is 15.1. The van der Waals surface area contributed by atoms with E-state index in [0.29, 0.717) is 10.9 Å². The van der Waals surface area contributed by atoms with Crippen LogP contribution in [0.4, 0.5) is 0 Å². The molecule has 0 saturated carbocycles. The van der Waals surface area contributed by atoms with Gasteiger partial charge in [-0.05, 0) is 36.4 Å². The number of thioether (sulfide) groups is 1. The molecule has 0 spiro atoms. The van der Waals surface area contributed by atoms with Crippen molar-refractivity contribution < 1.29 is 22.7 Å². The largest absolute Gasteiger partial charge is 0.482 e. The van der Waals surface area contributed by atoms with E-state index in [4.69, 9.17) is 9.88 Å². The van der Waals surface area contributed by atoms with Crippen molar-refractivity contribution in [2.24, 2.45) is 15.2 Å². The summed E-state index contributed by atoms with van der Waals surface area (Å²) in [4.78, 5) is 15.6. The highest BCUT2D eigenvalue weighted by Gasteiger charge is 2.41. The summed E-state index contributed by atoms with van der Waals surface area (Å²) in [5.74, 6) is 0.0814. The third-order valence-corrected chi connectivity index (χ3v) is 5.95. The van der Waals surface area contributed by atoms with Gasteiger partial charge in [0, 0.05) is 0 Å². The molecule has 0 saturated heterocycles. The summed E-state index contributed by atoms with van der Waals surface area (Å²) in [6.45, 7) is 1.74. The summed E-state index contributed by atoms with van der Waals surface area (Å²) < 4.78 is 32.4. The van der Waals surface area contributed by atoms with Crippen molar-refractivity contribution in [3.63, 3.8) is 0 Å². The van der Waals surface area contributed by atoms with Crippen LogP contribution in [0, 0.1) is 0 Å². The van der Waals surface area contributed by atoms with Crippen LogP contribution in [-0.2, 0) is 19.6 Å². The fraction of sp³-hybridized carbons (Fsp3) is 0.357. The first-order valence-electron chi connectivity index (χ1n) is 7.25. The normalized spacial score (nSPS) is 22.3. The van der Waals surface area contributed by atoms with Gasteiger partial charge in [-0.3, -0.25) is 4.99 Å². The smallest absolute Gasteiger partial charge is 0.343 e. The number of rotatable bonds is 4. The van der Waals surface area contributed by atoms with E-state index >= 15 is 0 Å². The maximum atomic E-state index is 11.4. The molecule has 1 aromatic carbocycles. The van der Waals surface area contributed by atoms with Crippen LogP contribution in [0.5, 0.6) is 5.75 Å². The van der Waals surface area contributed by atoms with Gasteiger partial charge in [-0.1, -0.05) is 12.1 Å². The molecule has 0 aromatic heterocycles. The van der Waals surface area contributed by atoms with Gasteiger partial charge < -0.3 is 9.47 Å². The van der Waals surface area contributed by atoms with E-state index < -0.39 is 16.0 Å². The predicted molar refractivity (Wildman–Crippen MR) is 93.6 cm³/mol. The Kier molecular flexibility index (Phi) is 4.71. The number of hydrazone groups is 1. The van der Waals surface area contributed by atoms with Crippen LogP contribution in [0.1, 0.15) is 18.5 Å². The zero-order chi connectivity index (χ0) is 18.2. The van der Waals surface area contributed by atoms with E-state index in [0.717, 1.165) is 17.3 Å². The number of amidine groups is 1. The average Bonchev–Trinajstić information content (AvgIpc) is 3.13. The van der Waals surface area contributed by atoms with Crippen molar-refractivity contribution in [2.75, 3.05) is 13.7 Å². The van der Waals surface area contributed by atoms with Crippen molar-refractivity contribution in [1.29, 1.82) is 0 Å². The highest BCUT2D eigenvalue weighted by Crippen LogP contribution is 2.39. The number of fused-ring (bicyclic) bond motifs is 1. The quantitative estimate of drug-likeness (QED) is 0.756. The lowest BCUT2D eigenvalue weighted by atomic mass is 10.0.